The Morgan fingerprint density at radius 2 is 1.48 bits per heavy atom. The molecule has 4 nitrogen and oxygen atoms in total. The molecule has 0 saturated heterocycles. The van der Waals surface area contributed by atoms with Crippen molar-refractivity contribution >= 4 is 17.5 Å². The number of nitrogens with one attached hydrogen (secondary N) is 2. The first-order chi connectivity index (χ1) is 10.0. The Hall–Kier alpha value is -2.76. The number of anilines is 1. The molecule has 0 unspecified atom stereocenters. The summed E-state index contributed by atoms with van der Waals surface area (Å²) in [5, 5.41) is 4.83. The van der Waals surface area contributed by atoms with Crippen LogP contribution in [0.4, 0.5) is 14.5 Å². The van der Waals surface area contributed by atoms with E-state index in [4.69, 9.17) is 0 Å². The third-order valence-corrected chi connectivity index (χ3v) is 2.82. The van der Waals surface area contributed by atoms with E-state index in [1.807, 2.05) is 0 Å². The van der Waals surface area contributed by atoms with Gasteiger partial charge in [0.05, 0.1) is 0 Å². The summed E-state index contributed by atoms with van der Waals surface area (Å²) in [6.07, 6.45) is 0. The summed E-state index contributed by atoms with van der Waals surface area (Å²) in [4.78, 5) is 23.2. The highest BCUT2D eigenvalue weighted by Crippen LogP contribution is 2.16. The maximum atomic E-state index is 13.5. The van der Waals surface area contributed by atoms with E-state index in [9.17, 15) is 18.4 Å². The minimum atomic E-state index is -0.936. The second-order valence-corrected chi connectivity index (χ2v) is 4.21. The van der Waals surface area contributed by atoms with Gasteiger partial charge in [-0.15, -0.1) is 0 Å². The van der Waals surface area contributed by atoms with Crippen LogP contribution in [0.5, 0.6) is 0 Å². The normalized spacial score (nSPS) is 10.0. The molecule has 2 rings (SSSR count). The maximum absolute atomic E-state index is 13.5. The van der Waals surface area contributed by atoms with Crippen LogP contribution < -0.4 is 10.6 Å². The van der Waals surface area contributed by atoms with Crippen molar-refractivity contribution < 1.29 is 18.4 Å². The number of hydrogen-bond acceptors (Lipinski definition) is 2. The van der Waals surface area contributed by atoms with Gasteiger partial charge in [-0.1, -0.05) is 6.07 Å². The number of rotatable bonds is 3. The Balaban J connectivity index is 2.18. The zero-order chi connectivity index (χ0) is 15.4. The molecule has 0 aliphatic carbocycles. The van der Waals surface area contributed by atoms with Crippen LogP contribution in [0.25, 0.3) is 0 Å². The Labute approximate surface area is 119 Å². The van der Waals surface area contributed by atoms with Crippen LogP contribution in [-0.4, -0.2) is 18.9 Å². The second kappa shape index (κ2) is 6.13. The summed E-state index contributed by atoms with van der Waals surface area (Å²) in [6.45, 7) is 0. The minimum absolute atomic E-state index is 0.270. The number of benzene rings is 2. The zero-order valence-corrected chi connectivity index (χ0v) is 11.1. The first kappa shape index (κ1) is 14.6. The molecule has 2 N–H and O–H groups in total. The molecular formula is C15H12F2N2O2. The van der Waals surface area contributed by atoms with Crippen molar-refractivity contribution in [2.45, 2.75) is 0 Å². The molecule has 0 radical (unpaired) electrons. The van der Waals surface area contributed by atoms with Crippen molar-refractivity contribution in [2.75, 3.05) is 12.4 Å². The lowest BCUT2D eigenvalue weighted by molar-refractivity contribution is 0.0962. The zero-order valence-electron chi connectivity index (χ0n) is 11.1. The number of carbonyl (C=O) groups is 2. The number of amides is 2. The summed E-state index contributed by atoms with van der Waals surface area (Å²) in [5.74, 6) is -3.03. The molecule has 0 fully saturated rings. The van der Waals surface area contributed by atoms with E-state index in [-0.39, 0.29) is 5.91 Å². The summed E-state index contributed by atoms with van der Waals surface area (Å²) in [5.41, 5.74) is 0.0933. The van der Waals surface area contributed by atoms with Gasteiger partial charge in [-0.05, 0) is 36.4 Å². The van der Waals surface area contributed by atoms with E-state index in [0.29, 0.717) is 11.3 Å². The van der Waals surface area contributed by atoms with Crippen molar-refractivity contribution in [2.24, 2.45) is 0 Å². The van der Waals surface area contributed by atoms with Gasteiger partial charge >= 0.3 is 0 Å². The van der Waals surface area contributed by atoms with Gasteiger partial charge in [-0.2, -0.15) is 0 Å². The Morgan fingerprint density at radius 3 is 2.00 bits per heavy atom. The van der Waals surface area contributed by atoms with E-state index in [2.05, 4.69) is 10.6 Å². The summed E-state index contributed by atoms with van der Waals surface area (Å²) in [6, 6.07) is 9.12. The van der Waals surface area contributed by atoms with Crippen molar-refractivity contribution in [3.8, 4) is 0 Å². The lowest BCUT2D eigenvalue weighted by Gasteiger charge is -2.07. The molecular weight excluding hydrogens is 278 g/mol. The standard InChI is InChI=1S/C15H12F2N2O2/c1-18-14(20)9-5-7-10(8-6-9)19-15(21)13-11(16)3-2-4-12(13)17/h2-8H,1H3,(H,18,20)(H,19,21). The molecule has 2 aromatic carbocycles. The summed E-state index contributed by atoms with van der Waals surface area (Å²) >= 11 is 0. The van der Waals surface area contributed by atoms with Gasteiger partial charge in [-0.25, -0.2) is 8.78 Å². The van der Waals surface area contributed by atoms with Crippen LogP contribution in [-0.2, 0) is 0 Å². The molecule has 6 heteroatoms. The quantitative estimate of drug-likeness (QED) is 0.912. The molecule has 0 spiro atoms. The molecule has 0 aliphatic heterocycles. The first-order valence-corrected chi connectivity index (χ1v) is 6.10. The van der Waals surface area contributed by atoms with Gasteiger partial charge in [0.25, 0.3) is 11.8 Å². The van der Waals surface area contributed by atoms with E-state index in [0.717, 1.165) is 12.1 Å². The second-order valence-electron chi connectivity index (χ2n) is 4.21. The van der Waals surface area contributed by atoms with Crippen LogP contribution in [0.1, 0.15) is 20.7 Å². The summed E-state index contributed by atoms with van der Waals surface area (Å²) < 4.78 is 26.9. The van der Waals surface area contributed by atoms with Gasteiger partial charge in [0.15, 0.2) is 0 Å². The highest BCUT2D eigenvalue weighted by molar-refractivity contribution is 6.05. The monoisotopic (exact) mass is 290 g/mol. The smallest absolute Gasteiger partial charge is 0.261 e. The molecule has 0 aliphatic rings. The van der Waals surface area contributed by atoms with Crippen molar-refractivity contribution in [3.05, 3.63) is 65.2 Å². The number of halogens is 2. The lowest BCUT2D eigenvalue weighted by Crippen LogP contribution is -2.18. The van der Waals surface area contributed by atoms with Gasteiger partial charge < -0.3 is 10.6 Å². The van der Waals surface area contributed by atoms with Crippen LogP contribution >= 0.6 is 0 Å². The third kappa shape index (κ3) is 3.22. The van der Waals surface area contributed by atoms with Gasteiger partial charge in [0, 0.05) is 18.3 Å². The topological polar surface area (TPSA) is 58.2 Å². The van der Waals surface area contributed by atoms with E-state index < -0.39 is 23.1 Å². The molecule has 108 valence electrons. The van der Waals surface area contributed by atoms with Crippen molar-refractivity contribution in [1.29, 1.82) is 0 Å². The van der Waals surface area contributed by atoms with E-state index in [1.54, 1.807) is 0 Å². The van der Waals surface area contributed by atoms with Crippen LogP contribution in [0.3, 0.4) is 0 Å². The SMILES string of the molecule is CNC(=O)c1ccc(NC(=O)c2c(F)cccc2F)cc1. The predicted octanol–water partition coefficient (Wildman–Crippen LogP) is 2.58. The summed E-state index contributed by atoms with van der Waals surface area (Å²) in [7, 11) is 1.50. The Kier molecular flexibility index (Phi) is 4.27. The molecule has 0 bridgehead atoms. The van der Waals surface area contributed by atoms with Crippen LogP contribution in [0, 0.1) is 11.6 Å². The average Bonchev–Trinajstić information content (AvgIpc) is 2.47. The Morgan fingerprint density at radius 1 is 0.905 bits per heavy atom. The van der Waals surface area contributed by atoms with E-state index in [1.165, 1.54) is 37.4 Å². The molecule has 2 amide bonds. The maximum Gasteiger partial charge on any atom is 0.261 e. The predicted molar refractivity (Wildman–Crippen MR) is 74.1 cm³/mol. The first-order valence-electron chi connectivity index (χ1n) is 6.10. The molecule has 0 atom stereocenters. The average molecular weight is 290 g/mol. The van der Waals surface area contributed by atoms with Crippen LogP contribution in [0.15, 0.2) is 42.5 Å². The van der Waals surface area contributed by atoms with Gasteiger partial charge in [0.1, 0.15) is 17.2 Å². The molecule has 21 heavy (non-hydrogen) atoms. The molecule has 0 saturated carbocycles. The van der Waals surface area contributed by atoms with Gasteiger partial charge in [0.2, 0.25) is 0 Å². The third-order valence-electron chi connectivity index (χ3n) is 2.82. The lowest BCUT2D eigenvalue weighted by atomic mass is 10.1. The fraction of sp³-hybridized carbons (Fsp3) is 0.0667. The fourth-order valence-corrected chi connectivity index (χ4v) is 1.76. The highest BCUT2D eigenvalue weighted by Gasteiger charge is 2.17. The minimum Gasteiger partial charge on any atom is -0.355 e. The fourth-order valence-electron chi connectivity index (χ4n) is 1.76. The van der Waals surface area contributed by atoms with E-state index >= 15 is 0 Å². The highest BCUT2D eigenvalue weighted by atomic mass is 19.1. The molecule has 2 aromatic rings. The van der Waals surface area contributed by atoms with Crippen LogP contribution in [0.2, 0.25) is 0 Å². The van der Waals surface area contributed by atoms with Crippen molar-refractivity contribution in [3.63, 3.8) is 0 Å². The van der Waals surface area contributed by atoms with Gasteiger partial charge in [-0.3, -0.25) is 9.59 Å². The largest absolute Gasteiger partial charge is 0.355 e. The number of hydrogen-bond donors (Lipinski definition) is 2. The molecule has 0 heterocycles. The number of carbonyl (C=O) groups excluding carboxylic acids is 2. The molecule has 0 aromatic heterocycles. The van der Waals surface area contributed by atoms with Crippen molar-refractivity contribution in [1.82, 2.24) is 5.32 Å². The Bertz CT molecular complexity index is 664.